The van der Waals surface area contributed by atoms with Crippen molar-refractivity contribution in [3.8, 4) is 0 Å². The van der Waals surface area contributed by atoms with Gasteiger partial charge in [-0.1, -0.05) is 12.1 Å². The van der Waals surface area contributed by atoms with Crippen molar-refractivity contribution < 1.29 is 4.79 Å². The van der Waals surface area contributed by atoms with Gasteiger partial charge in [0.05, 0.1) is 6.04 Å². The largest absolute Gasteiger partial charge is 0.370 e. The van der Waals surface area contributed by atoms with E-state index in [1.54, 1.807) is 0 Å². The zero-order valence-electron chi connectivity index (χ0n) is 9.40. The normalized spacial score (nSPS) is 11.6. The molecule has 1 aromatic rings. The van der Waals surface area contributed by atoms with Crippen LogP contribution in [0.1, 0.15) is 25.5 Å². The lowest BCUT2D eigenvalue weighted by Crippen LogP contribution is -2.23. The summed E-state index contributed by atoms with van der Waals surface area (Å²) < 4.78 is 0. The Hall–Kier alpha value is -2.04. The Morgan fingerprint density at radius 2 is 2.12 bits per heavy atom. The highest BCUT2D eigenvalue weighted by Gasteiger charge is 2.05. The molecule has 1 rings (SSSR count). The molecule has 16 heavy (non-hydrogen) atoms. The van der Waals surface area contributed by atoms with Crippen LogP contribution < -0.4 is 16.8 Å². The van der Waals surface area contributed by atoms with Crippen molar-refractivity contribution >= 4 is 17.6 Å². The average molecular weight is 220 g/mol. The van der Waals surface area contributed by atoms with Crippen LogP contribution >= 0.6 is 0 Å². The summed E-state index contributed by atoms with van der Waals surface area (Å²) in [4.78, 5) is 14.9. The Morgan fingerprint density at radius 3 is 2.69 bits per heavy atom. The van der Waals surface area contributed by atoms with E-state index in [2.05, 4.69) is 10.3 Å². The Kier molecular flexibility index (Phi) is 3.88. The van der Waals surface area contributed by atoms with Crippen molar-refractivity contribution in [2.45, 2.75) is 19.9 Å². The van der Waals surface area contributed by atoms with Crippen molar-refractivity contribution in [2.24, 2.45) is 16.5 Å². The molecule has 0 heterocycles. The molecular formula is C11H16N4O. The van der Waals surface area contributed by atoms with Gasteiger partial charge in [-0.3, -0.25) is 4.79 Å². The van der Waals surface area contributed by atoms with Crippen LogP contribution in [0.15, 0.2) is 29.3 Å². The van der Waals surface area contributed by atoms with Gasteiger partial charge in [-0.05, 0) is 24.6 Å². The number of rotatable bonds is 3. The fourth-order valence-electron chi connectivity index (χ4n) is 1.38. The SMILES string of the molecule is CC(=O)Nc1cccc(C(C)N=C(N)N)c1. The number of anilines is 1. The molecule has 0 bridgehead atoms. The summed E-state index contributed by atoms with van der Waals surface area (Å²) in [5.41, 5.74) is 12.3. The molecule has 1 unspecified atom stereocenters. The molecule has 86 valence electrons. The van der Waals surface area contributed by atoms with E-state index in [4.69, 9.17) is 11.5 Å². The highest BCUT2D eigenvalue weighted by atomic mass is 16.1. The van der Waals surface area contributed by atoms with E-state index < -0.39 is 0 Å². The number of benzene rings is 1. The lowest BCUT2D eigenvalue weighted by molar-refractivity contribution is -0.114. The first-order valence-corrected chi connectivity index (χ1v) is 4.95. The molecule has 1 atom stereocenters. The summed E-state index contributed by atoms with van der Waals surface area (Å²) in [6.07, 6.45) is 0. The quantitative estimate of drug-likeness (QED) is 0.523. The first-order valence-electron chi connectivity index (χ1n) is 4.95. The summed E-state index contributed by atoms with van der Waals surface area (Å²) in [5.74, 6) is -0.0518. The second kappa shape index (κ2) is 5.16. The highest BCUT2D eigenvalue weighted by Crippen LogP contribution is 2.20. The molecule has 1 aromatic carbocycles. The minimum atomic E-state index is -0.126. The van der Waals surface area contributed by atoms with Gasteiger partial charge in [-0.15, -0.1) is 0 Å². The maximum absolute atomic E-state index is 10.9. The molecule has 5 N–H and O–H groups in total. The van der Waals surface area contributed by atoms with E-state index in [9.17, 15) is 4.79 Å². The predicted molar refractivity (Wildman–Crippen MR) is 65.0 cm³/mol. The smallest absolute Gasteiger partial charge is 0.221 e. The third-order valence-corrected chi connectivity index (χ3v) is 2.03. The number of hydrogen-bond acceptors (Lipinski definition) is 2. The van der Waals surface area contributed by atoms with E-state index in [-0.39, 0.29) is 17.9 Å². The number of carbonyl (C=O) groups is 1. The number of amides is 1. The maximum atomic E-state index is 10.9. The van der Waals surface area contributed by atoms with Gasteiger partial charge in [-0.2, -0.15) is 0 Å². The molecule has 1 amide bonds. The number of aliphatic imine (C=N–C) groups is 1. The highest BCUT2D eigenvalue weighted by molar-refractivity contribution is 5.88. The van der Waals surface area contributed by atoms with Crippen LogP contribution in [0, 0.1) is 0 Å². The van der Waals surface area contributed by atoms with Gasteiger partial charge in [0.2, 0.25) is 5.91 Å². The van der Waals surface area contributed by atoms with E-state index in [1.165, 1.54) is 6.92 Å². The van der Waals surface area contributed by atoms with Crippen molar-refractivity contribution in [1.82, 2.24) is 0 Å². The van der Waals surface area contributed by atoms with E-state index in [0.717, 1.165) is 11.3 Å². The first kappa shape index (κ1) is 12.0. The summed E-state index contributed by atoms with van der Waals surface area (Å²) >= 11 is 0. The van der Waals surface area contributed by atoms with Gasteiger partial charge in [0.15, 0.2) is 5.96 Å². The monoisotopic (exact) mass is 220 g/mol. The summed E-state index contributed by atoms with van der Waals surface area (Å²) in [6, 6.07) is 7.28. The second-order valence-electron chi connectivity index (χ2n) is 3.54. The van der Waals surface area contributed by atoms with Gasteiger partial charge < -0.3 is 16.8 Å². The van der Waals surface area contributed by atoms with Crippen molar-refractivity contribution in [3.63, 3.8) is 0 Å². The van der Waals surface area contributed by atoms with Crippen LogP contribution in [0.5, 0.6) is 0 Å². The molecule has 5 heteroatoms. The molecular weight excluding hydrogens is 204 g/mol. The van der Waals surface area contributed by atoms with E-state index in [1.807, 2.05) is 31.2 Å². The number of nitrogens with zero attached hydrogens (tertiary/aromatic N) is 1. The second-order valence-corrected chi connectivity index (χ2v) is 3.54. The molecule has 0 aliphatic rings. The number of guanidine groups is 1. The maximum Gasteiger partial charge on any atom is 0.221 e. The number of nitrogens with two attached hydrogens (primary N) is 2. The lowest BCUT2D eigenvalue weighted by Gasteiger charge is -2.09. The molecule has 0 saturated heterocycles. The molecule has 0 spiro atoms. The Bertz CT molecular complexity index is 410. The molecule has 0 aliphatic carbocycles. The average Bonchev–Trinajstić information content (AvgIpc) is 2.16. The van der Waals surface area contributed by atoms with Crippen LogP contribution in [0.4, 0.5) is 5.69 Å². The Labute approximate surface area is 94.5 Å². The van der Waals surface area contributed by atoms with Crippen LogP contribution in [0.3, 0.4) is 0 Å². The van der Waals surface area contributed by atoms with Crippen molar-refractivity contribution in [3.05, 3.63) is 29.8 Å². The molecule has 0 radical (unpaired) electrons. The van der Waals surface area contributed by atoms with Gasteiger partial charge in [0.25, 0.3) is 0 Å². The third-order valence-electron chi connectivity index (χ3n) is 2.03. The van der Waals surface area contributed by atoms with Crippen LogP contribution in [0.25, 0.3) is 0 Å². The van der Waals surface area contributed by atoms with Crippen LogP contribution in [0.2, 0.25) is 0 Å². The fourth-order valence-corrected chi connectivity index (χ4v) is 1.38. The third kappa shape index (κ3) is 3.61. The molecule has 5 nitrogen and oxygen atoms in total. The minimum absolute atomic E-state index is 0.0532. The summed E-state index contributed by atoms with van der Waals surface area (Å²) in [5, 5.41) is 2.70. The zero-order chi connectivity index (χ0) is 12.1. The van der Waals surface area contributed by atoms with Gasteiger partial charge >= 0.3 is 0 Å². The van der Waals surface area contributed by atoms with Crippen LogP contribution in [-0.2, 0) is 4.79 Å². The number of carbonyl (C=O) groups excluding carboxylic acids is 1. The Morgan fingerprint density at radius 1 is 1.44 bits per heavy atom. The first-order chi connectivity index (χ1) is 7.49. The standard InChI is InChI=1S/C11H16N4O/c1-7(14-11(12)13)9-4-3-5-10(6-9)15-8(2)16/h3-7H,1-2H3,(H,15,16)(H4,12,13,14). The molecule has 0 saturated carbocycles. The van der Waals surface area contributed by atoms with E-state index >= 15 is 0 Å². The molecule has 0 aliphatic heterocycles. The van der Waals surface area contributed by atoms with Crippen LogP contribution in [-0.4, -0.2) is 11.9 Å². The topological polar surface area (TPSA) is 93.5 Å². The van der Waals surface area contributed by atoms with E-state index in [0.29, 0.717) is 0 Å². The summed E-state index contributed by atoms with van der Waals surface area (Å²) in [6.45, 7) is 3.35. The summed E-state index contributed by atoms with van der Waals surface area (Å²) in [7, 11) is 0. The fraction of sp³-hybridized carbons (Fsp3) is 0.273. The van der Waals surface area contributed by atoms with Gasteiger partial charge in [-0.25, -0.2) is 4.99 Å². The van der Waals surface area contributed by atoms with Crippen molar-refractivity contribution in [1.29, 1.82) is 0 Å². The van der Waals surface area contributed by atoms with Crippen molar-refractivity contribution in [2.75, 3.05) is 5.32 Å². The molecule has 0 aromatic heterocycles. The molecule has 0 fully saturated rings. The number of nitrogens with one attached hydrogen (secondary N) is 1. The lowest BCUT2D eigenvalue weighted by atomic mass is 10.1. The Balaban J connectivity index is 2.89. The van der Waals surface area contributed by atoms with Gasteiger partial charge in [0.1, 0.15) is 0 Å². The predicted octanol–water partition coefficient (Wildman–Crippen LogP) is 0.979. The zero-order valence-corrected chi connectivity index (χ0v) is 9.40. The van der Waals surface area contributed by atoms with Gasteiger partial charge in [0, 0.05) is 12.6 Å². The number of hydrogen-bond donors (Lipinski definition) is 3. The minimum Gasteiger partial charge on any atom is -0.370 e.